The molecular weight excluding hydrogens is 277 g/mol. The molecule has 0 aliphatic rings. The molecule has 0 fully saturated rings. The number of hydrogen-bond donors (Lipinski definition) is 1. The van der Waals surface area contributed by atoms with Gasteiger partial charge in [-0.2, -0.15) is 0 Å². The van der Waals surface area contributed by atoms with Crippen LogP contribution in [0.3, 0.4) is 0 Å². The molecular formula is C11H9Cl2N3O2. The van der Waals surface area contributed by atoms with Gasteiger partial charge < -0.3 is 9.84 Å². The van der Waals surface area contributed by atoms with Crippen molar-refractivity contribution >= 4 is 29.1 Å². The number of nitrogens with one attached hydrogen (secondary N) is 1. The Morgan fingerprint density at radius 1 is 1.44 bits per heavy atom. The average molecular weight is 286 g/mol. The van der Waals surface area contributed by atoms with Crippen molar-refractivity contribution in [1.82, 2.24) is 15.5 Å². The van der Waals surface area contributed by atoms with Crippen LogP contribution in [0.15, 0.2) is 22.7 Å². The summed E-state index contributed by atoms with van der Waals surface area (Å²) >= 11 is 11.6. The van der Waals surface area contributed by atoms with Crippen LogP contribution in [0.5, 0.6) is 0 Å². The molecule has 0 radical (unpaired) electrons. The van der Waals surface area contributed by atoms with Gasteiger partial charge in [0.05, 0.1) is 11.6 Å². The summed E-state index contributed by atoms with van der Waals surface area (Å²) in [5.41, 5.74) is 0.711. The molecule has 2 aromatic rings. The summed E-state index contributed by atoms with van der Waals surface area (Å²) < 4.78 is 4.88. The van der Waals surface area contributed by atoms with Crippen molar-refractivity contribution in [1.29, 1.82) is 0 Å². The van der Waals surface area contributed by atoms with Gasteiger partial charge in [-0.05, 0) is 19.1 Å². The molecule has 0 aromatic carbocycles. The van der Waals surface area contributed by atoms with Crippen LogP contribution in [-0.2, 0) is 6.54 Å². The van der Waals surface area contributed by atoms with Gasteiger partial charge in [0.15, 0.2) is 0 Å². The Balaban J connectivity index is 2.05. The fourth-order valence-electron chi connectivity index (χ4n) is 1.33. The second-order valence-corrected chi connectivity index (χ2v) is 4.37. The first-order valence-corrected chi connectivity index (χ1v) is 5.84. The van der Waals surface area contributed by atoms with E-state index >= 15 is 0 Å². The molecule has 1 N–H and O–H groups in total. The van der Waals surface area contributed by atoms with Gasteiger partial charge in [-0.15, -0.1) is 0 Å². The molecule has 5 nitrogen and oxygen atoms in total. The minimum absolute atomic E-state index is 0.0874. The summed E-state index contributed by atoms with van der Waals surface area (Å²) in [6.45, 7) is 2.01. The maximum absolute atomic E-state index is 11.8. The van der Waals surface area contributed by atoms with Crippen LogP contribution in [0.4, 0.5) is 0 Å². The van der Waals surface area contributed by atoms with E-state index in [2.05, 4.69) is 15.5 Å². The lowest BCUT2D eigenvalue weighted by molar-refractivity contribution is 0.0945. The molecule has 0 saturated carbocycles. The van der Waals surface area contributed by atoms with Gasteiger partial charge >= 0.3 is 0 Å². The molecule has 0 atom stereocenters. The van der Waals surface area contributed by atoms with Crippen LogP contribution in [0.2, 0.25) is 10.2 Å². The molecule has 0 saturated heterocycles. The summed E-state index contributed by atoms with van der Waals surface area (Å²) in [5, 5.41) is 6.84. The van der Waals surface area contributed by atoms with Crippen LogP contribution in [-0.4, -0.2) is 16.0 Å². The van der Waals surface area contributed by atoms with E-state index in [1.165, 1.54) is 12.1 Å². The van der Waals surface area contributed by atoms with Crippen molar-refractivity contribution in [2.24, 2.45) is 0 Å². The van der Waals surface area contributed by atoms with Gasteiger partial charge in [0, 0.05) is 6.07 Å². The number of hydrogen-bond acceptors (Lipinski definition) is 4. The third kappa shape index (κ3) is 3.00. The van der Waals surface area contributed by atoms with Gasteiger partial charge in [-0.3, -0.25) is 4.79 Å². The summed E-state index contributed by atoms with van der Waals surface area (Å²) in [6.07, 6.45) is 0. The van der Waals surface area contributed by atoms with E-state index in [4.69, 9.17) is 27.7 Å². The Kier molecular flexibility index (Phi) is 3.84. The van der Waals surface area contributed by atoms with Crippen LogP contribution >= 0.6 is 23.2 Å². The summed E-state index contributed by atoms with van der Waals surface area (Å²) in [5.74, 6) is 0.265. The highest BCUT2D eigenvalue weighted by molar-refractivity contribution is 6.34. The smallest absolute Gasteiger partial charge is 0.271 e. The molecule has 2 aromatic heterocycles. The molecule has 0 unspecified atom stereocenters. The number of rotatable bonds is 3. The molecule has 94 valence electrons. The minimum atomic E-state index is -0.414. The van der Waals surface area contributed by atoms with Crippen LogP contribution in [0.25, 0.3) is 0 Å². The lowest BCUT2D eigenvalue weighted by Gasteiger charge is -2.04. The Morgan fingerprint density at radius 3 is 2.89 bits per heavy atom. The summed E-state index contributed by atoms with van der Waals surface area (Å²) in [7, 11) is 0. The van der Waals surface area contributed by atoms with Crippen LogP contribution in [0.1, 0.15) is 21.9 Å². The van der Waals surface area contributed by atoms with Gasteiger partial charge in [0.25, 0.3) is 5.91 Å². The third-order valence-electron chi connectivity index (χ3n) is 2.13. The maximum Gasteiger partial charge on any atom is 0.271 e. The van der Waals surface area contributed by atoms with Gasteiger partial charge in [-0.25, -0.2) is 4.98 Å². The SMILES string of the molecule is Cc1cc(CNC(=O)c2nc(Cl)ccc2Cl)no1. The van der Waals surface area contributed by atoms with Gasteiger partial charge in [-0.1, -0.05) is 28.4 Å². The number of carbonyl (C=O) groups excluding carboxylic acids is 1. The van der Waals surface area contributed by atoms with E-state index in [1.807, 2.05) is 0 Å². The largest absolute Gasteiger partial charge is 0.361 e. The first kappa shape index (κ1) is 12.9. The molecule has 7 heteroatoms. The molecule has 0 bridgehead atoms. The number of nitrogens with zero attached hydrogens (tertiary/aromatic N) is 2. The van der Waals surface area contributed by atoms with E-state index in [9.17, 15) is 4.79 Å². The van der Waals surface area contributed by atoms with E-state index in [-0.39, 0.29) is 22.4 Å². The second-order valence-electron chi connectivity index (χ2n) is 3.58. The highest BCUT2D eigenvalue weighted by Gasteiger charge is 2.13. The predicted octanol–water partition coefficient (Wildman–Crippen LogP) is 2.61. The van der Waals surface area contributed by atoms with Crippen LogP contribution < -0.4 is 5.32 Å². The highest BCUT2D eigenvalue weighted by Crippen LogP contribution is 2.16. The van der Waals surface area contributed by atoms with E-state index in [0.717, 1.165) is 0 Å². The van der Waals surface area contributed by atoms with Crippen molar-refractivity contribution in [3.8, 4) is 0 Å². The number of aryl methyl sites for hydroxylation is 1. The lowest BCUT2D eigenvalue weighted by Crippen LogP contribution is -2.24. The number of carbonyl (C=O) groups is 1. The quantitative estimate of drug-likeness (QED) is 0.881. The van der Waals surface area contributed by atoms with Gasteiger partial charge in [0.1, 0.15) is 22.3 Å². The van der Waals surface area contributed by atoms with Crippen molar-refractivity contribution in [3.63, 3.8) is 0 Å². The topological polar surface area (TPSA) is 68.0 Å². The fourth-order valence-corrected chi connectivity index (χ4v) is 1.67. The Labute approximate surface area is 113 Å². The van der Waals surface area contributed by atoms with Crippen molar-refractivity contribution in [2.45, 2.75) is 13.5 Å². The Bertz CT molecular complexity index is 583. The molecule has 0 aliphatic carbocycles. The summed E-state index contributed by atoms with van der Waals surface area (Å²) in [6, 6.07) is 4.76. The highest BCUT2D eigenvalue weighted by atomic mass is 35.5. The molecule has 1 amide bonds. The molecule has 18 heavy (non-hydrogen) atoms. The molecule has 2 heterocycles. The lowest BCUT2D eigenvalue weighted by atomic mass is 10.3. The van der Waals surface area contributed by atoms with Crippen molar-refractivity contribution in [2.75, 3.05) is 0 Å². The monoisotopic (exact) mass is 285 g/mol. The first-order valence-electron chi connectivity index (χ1n) is 5.08. The average Bonchev–Trinajstić information content (AvgIpc) is 2.75. The molecule has 0 aliphatic heterocycles. The number of amides is 1. The van der Waals surface area contributed by atoms with E-state index < -0.39 is 5.91 Å². The first-order chi connectivity index (χ1) is 8.56. The Hall–Kier alpha value is -1.59. The van der Waals surface area contributed by atoms with Gasteiger partial charge in [0.2, 0.25) is 0 Å². The number of aromatic nitrogens is 2. The fraction of sp³-hybridized carbons (Fsp3) is 0.182. The predicted molar refractivity (Wildman–Crippen MR) is 66.7 cm³/mol. The zero-order valence-electron chi connectivity index (χ0n) is 9.41. The van der Waals surface area contributed by atoms with Crippen molar-refractivity contribution in [3.05, 3.63) is 45.5 Å². The minimum Gasteiger partial charge on any atom is -0.361 e. The zero-order valence-corrected chi connectivity index (χ0v) is 10.9. The van der Waals surface area contributed by atoms with Crippen molar-refractivity contribution < 1.29 is 9.32 Å². The van der Waals surface area contributed by atoms with E-state index in [0.29, 0.717) is 11.5 Å². The molecule has 2 rings (SSSR count). The maximum atomic E-state index is 11.8. The number of pyridine rings is 1. The van der Waals surface area contributed by atoms with E-state index in [1.54, 1.807) is 13.0 Å². The standard InChI is InChI=1S/C11H9Cl2N3O2/c1-6-4-7(16-18-6)5-14-11(17)10-8(12)2-3-9(13)15-10/h2-4H,5H2,1H3,(H,14,17). The summed E-state index contributed by atoms with van der Waals surface area (Å²) in [4.78, 5) is 15.7. The Morgan fingerprint density at radius 2 is 2.22 bits per heavy atom. The second kappa shape index (κ2) is 5.37. The molecule has 0 spiro atoms. The number of halogens is 2. The third-order valence-corrected chi connectivity index (χ3v) is 2.65. The zero-order chi connectivity index (χ0) is 13.1. The normalized spacial score (nSPS) is 10.4. The van der Waals surface area contributed by atoms with Crippen LogP contribution in [0, 0.1) is 6.92 Å².